The normalized spacial score (nSPS) is 17.0. The fourth-order valence-corrected chi connectivity index (χ4v) is 2.73. The summed E-state index contributed by atoms with van der Waals surface area (Å²) >= 11 is 5.85. The van der Waals surface area contributed by atoms with E-state index in [0.717, 1.165) is 25.7 Å². The number of carbonyl (C=O) groups is 2. The molecule has 1 amide bonds. The van der Waals surface area contributed by atoms with E-state index in [2.05, 4.69) is 5.32 Å². The van der Waals surface area contributed by atoms with Crippen molar-refractivity contribution < 1.29 is 14.3 Å². The molecule has 1 aliphatic rings. The molecule has 2 rings (SSSR count). The average Bonchev–Trinajstić information content (AvgIpc) is 2.46. The molecule has 1 atom stereocenters. The highest BCUT2D eigenvalue weighted by molar-refractivity contribution is 6.30. The third-order valence-corrected chi connectivity index (χ3v) is 3.90. The van der Waals surface area contributed by atoms with E-state index < -0.39 is 12.1 Å². The molecule has 5 heteroatoms. The zero-order valence-corrected chi connectivity index (χ0v) is 12.9. The van der Waals surface area contributed by atoms with Crippen LogP contribution in [-0.4, -0.2) is 17.9 Å². The van der Waals surface area contributed by atoms with Crippen LogP contribution < -0.4 is 5.32 Å². The summed E-state index contributed by atoms with van der Waals surface area (Å²) in [5, 5.41) is 3.57. The van der Waals surface area contributed by atoms with Crippen LogP contribution in [0.5, 0.6) is 0 Å². The predicted octanol–water partition coefficient (Wildman–Crippen LogP) is 3.39. The first-order valence-corrected chi connectivity index (χ1v) is 7.67. The minimum atomic E-state index is -0.915. The molecule has 4 nitrogen and oxygen atoms in total. The lowest BCUT2D eigenvalue weighted by Crippen LogP contribution is -2.40. The molecule has 1 aromatic carbocycles. The number of amides is 1. The highest BCUT2D eigenvalue weighted by Crippen LogP contribution is 2.23. The molecule has 1 saturated carbocycles. The molecule has 114 valence electrons. The number of ether oxygens (including phenoxy) is 1. The number of nitrogens with one attached hydrogen (secondary N) is 1. The van der Waals surface area contributed by atoms with Gasteiger partial charge in [-0.15, -0.1) is 0 Å². The molecule has 0 spiro atoms. The third-order valence-electron chi connectivity index (χ3n) is 3.65. The maximum atomic E-state index is 12.4. The topological polar surface area (TPSA) is 55.4 Å². The first-order valence-electron chi connectivity index (χ1n) is 7.29. The van der Waals surface area contributed by atoms with Crippen molar-refractivity contribution in [3.8, 4) is 0 Å². The van der Waals surface area contributed by atoms with Crippen molar-refractivity contribution in [3.05, 3.63) is 34.9 Å². The van der Waals surface area contributed by atoms with Crippen molar-refractivity contribution in [2.75, 3.05) is 0 Å². The van der Waals surface area contributed by atoms with Crippen molar-refractivity contribution in [1.29, 1.82) is 0 Å². The van der Waals surface area contributed by atoms with E-state index in [1.54, 1.807) is 24.3 Å². The Kier molecular flexibility index (Phi) is 5.62. The fraction of sp³-hybridized carbons (Fsp3) is 0.500. The van der Waals surface area contributed by atoms with E-state index in [0.29, 0.717) is 10.6 Å². The Labute approximate surface area is 129 Å². The van der Waals surface area contributed by atoms with E-state index in [1.165, 1.54) is 13.3 Å². The molecule has 1 aromatic rings. The van der Waals surface area contributed by atoms with Crippen LogP contribution in [0.15, 0.2) is 24.3 Å². The molecule has 0 aliphatic heterocycles. The third kappa shape index (κ3) is 4.74. The number of hydrogen-bond acceptors (Lipinski definition) is 3. The predicted molar refractivity (Wildman–Crippen MR) is 81.0 cm³/mol. The summed E-state index contributed by atoms with van der Waals surface area (Å²) in [4.78, 5) is 23.7. The summed E-state index contributed by atoms with van der Waals surface area (Å²) < 4.78 is 5.19. The van der Waals surface area contributed by atoms with E-state index in [9.17, 15) is 9.59 Å². The van der Waals surface area contributed by atoms with Gasteiger partial charge in [-0.05, 0) is 25.0 Å². The van der Waals surface area contributed by atoms with Gasteiger partial charge in [0.2, 0.25) is 6.10 Å². The molecule has 1 fully saturated rings. The van der Waals surface area contributed by atoms with Crippen LogP contribution in [0.25, 0.3) is 0 Å². The highest BCUT2D eigenvalue weighted by atomic mass is 35.5. The first-order chi connectivity index (χ1) is 10.1. The Morgan fingerprint density at radius 2 is 1.81 bits per heavy atom. The second kappa shape index (κ2) is 7.46. The van der Waals surface area contributed by atoms with Gasteiger partial charge in [-0.25, -0.2) is 0 Å². The smallest absolute Gasteiger partial charge is 0.303 e. The van der Waals surface area contributed by atoms with Crippen molar-refractivity contribution >= 4 is 23.5 Å². The lowest BCUT2D eigenvalue weighted by molar-refractivity contribution is -0.154. The van der Waals surface area contributed by atoms with Gasteiger partial charge in [0.05, 0.1) is 0 Å². The van der Waals surface area contributed by atoms with Gasteiger partial charge >= 0.3 is 5.97 Å². The van der Waals surface area contributed by atoms with Gasteiger partial charge < -0.3 is 10.1 Å². The quantitative estimate of drug-likeness (QED) is 0.867. The average molecular weight is 310 g/mol. The Morgan fingerprint density at radius 3 is 2.38 bits per heavy atom. The maximum Gasteiger partial charge on any atom is 0.303 e. The lowest BCUT2D eigenvalue weighted by atomic mass is 9.95. The number of carbonyl (C=O) groups excluding carboxylic acids is 2. The van der Waals surface area contributed by atoms with Gasteiger partial charge in [-0.3, -0.25) is 9.59 Å². The minimum Gasteiger partial charge on any atom is -0.447 e. The summed E-state index contributed by atoms with van der Waals surface area (Å²) in [6.45, 7) is 1.30. The van der Waals surface area contributed by atoms with E-state index in [4.69, 9.17) is 16.3 Å². The van der Waals surface area contributed by atoms with Gasteiger partial charge in [0.15, 0.2) is 0 Å². The Hall–Kier alpha value is -1.55. The second-order valence-electron chi connectivity index (χ2n) is 5.38. The fourth-order valence-electron chi connectivity index (χ4n) is 2.60. The van der Waals surface area contributed by atoms with Gasteiger partial charge in [0.25, 0.3) is 5.91 Å². The molecule has 0 bridgehead atoms. The second-order valence-corrected chi connectivity index (χ2v) is 5.82. The number of esters is 1. The van der Waals surface area contributed by atoms with Gasteiger partial charge in [-0.1, -0.05) is 43.0 Å². The first kappa shape index (κ1) is 15.8. The molecule has 0 heterocycles. The Bertz CT molecular complexity index is 495. The lowest BCUT2D eigenvalue weighted by Gasteiger charge is -2.25. The zero-order valence-electron chi connectivity index (χ0n) is 12.1. The largest absolute Gasteiger partial charge is 0.447 e. The number of hydrogen-bond donors (Lipinski definition) is 1. The Balaban J connectivity index is 2.08. The van der Waals surface area contributed by atoms with Crippen molar-refractivity contribution in [1.82, 2.24) is 5.32 Å². The molecule has 1 N–H and O–H groups in total. The number of halogens is 1. The number of benzene rings is 1. The number of rotatable bonds is 4. The summed E-state index contributed by atoms with van der Waals surface area (Å²) in [5.74, 6) is -0.742. The SMILES string of the molecule is CC(=O)O[C@H](C(=O)NC1CCCCC1)c1ccc(Cl)cc1. The summed E-state index contributed by atoms with van der Waals surface area (Å²) in [6.07, 6.45) is 4.53. The molecule has 21 heavy (non-hydrogen) atoms. The molecule has 1 aliphatic carbocycles. The van der Waals surface area contributed by atoms with Crippen LogP contribution in [0.2, 0.25) is 5.02 Å². The molecule has 0 saturated heterocycles. The minimum absolute atomic E-state index is 0.177. The van der Waals surface area contributed by atoms with Crippen LogP contribution in [0.1, 0.15) is 50.7 Å². The molecule has 0 radical (unpaired) electrons. The molecular formula is C16H20ClNO3. The van der Waals surface area contributed by atoms with E-state index >= 15 is 0 Å². The Morgan fingerprint density at radius 1 is 1.19 bits per heavy atom. The maximum absolute atomic E-state index is 12.4. The van der Waals surface area contributed by atoms with Gasteiger partial charge in [0.1, 0.15) is 0 Å². The van der Waals surface area contributed by atoms with Crippen molar-refractivity contribution in [2.45, 2.75) is 51.2 Å². The zero-order chi connectivity index (χ0) is 15.2. The van der Waals surface area contributed by atoms with E-state index in [1.807, 2.05) is 0 Å². The van der Waals surface area contributed by atoms with Crippen LogP contribution >= 0.6 is 11.6 Å². The monoisotopic (exact) mass is 309 g/mol. The van der Waals surface area contributed by atoms with Crippen LogP contribution in [-0.2, 0) is 14.3 Å². The standard InChI is InChI=1S/C16H20ClNO3/c1-11(19)21-15(12-7-9-13(17)10-8-12)16(20)18-14-5-3-2-4-6-14/h7-10,14-15H,2-6H2,1H3,(H,18,20)/t15-/m0/s1. The highest BCUT2D eigenvalue weighted by Gasteiger charge is 2.26. The van der Waals surface area contributed by atoms with Crippen LogP contribution in [0, 0.1) is 0 Å². The van der Waals surface area contributed by atoms with Crippen molar-refractivity contribution in [2.24, 2.45) is 0 Å². The summed E-state index contributed by atoms with van der Waals surface area (Å²) in [6, 6.07) is 6.95. The van der Waals surface area contributed by atoms with Gasteiger partial charge in [0, 0.05) is 23.6 Å². The molecule has 0 unspecified atom stereocenters. The van der Waals surface area contributed by atoms with Gasteiger partial charge in [-0.2, -0.15) is 0 Å². The van der Waals surface area contributed by atoms with Crippen molar-refractivity contribution in [3.63, 3.8) is 0 Å². The van der Waals surface area contributed by atoms with Crippen LogP contribution in [0.3, 0.4) is 0 Å². The summed E-state index contributed by atoms with van der Waals surface area (Å²) in [5.41, 5.74) is 0.628. The summed E-state index contributed by atoms with van der Waals surface area (Å²) in [7, 11) is 0. The molecular weight excluding hydrogens is 290 g/mol. The van der Waals surface area contributed by atoms with E-state index in [-0.39, 0.29) is 11.9 Å². The van der Waals surface area contributed by atoms with Crippen LogP contribution in [0.4, 0.5) is 0 Å². The molecule has 0 aromatic heterocycles.